The average Bonchev–Trinajstić information content (AvgIpc) is 2.19. The molecule has 0 unspecified atom stereocenters. The van der Waals surface area contributed by atoms with Gasteiger partial charge in [-0.3, -0.25) is 4.98 Å². The molecule has 0 spiro atoms. The van der Waals surface area contributed by atoms with Gasteiger partial charge in [0, 0.05) is 30.9 Å². The number of hydrogen-bond acceptors (Lipinski definition) is 2. The van der Waals surface area contributed by atoms with Gasteiger partial charge in [-0.25, -0.2) is 0 Å². The first-order valence-corrected chi connectivity index (χ1v) is 5.33. The highest BCUT2D eigenvalue weighted by Crippen LogP contribution is 2.00. The molecule has 0 aliphatic carbocycles. The molecule has 2 heteroatoms. The summed E-state index contributed by atoms with van der Waals surface area (Å²) in [6.07, 6.45) is 2.86. The van der Waals surface area contributed by atoms with Crippen LogP contribution < -0.4 is 5.32 Å². The summed E-state index contributed by atoms with van der Waals surface area (Å²) in [7, 11) is 0. The van der Waals surface area contributed by atoms with E-state index in [-0.39, 0.29) is 0 Å². The zero-order chi connectivity index (χ0) is 10.4. The van der Waals surface area contributed by atoms with Crippen molar-refractivity contribution < 1.29 is 0 Å². The van der Waals surface area contributed by atoms with Gasteiger partial charge in [-0.2, -0.15) is 0 Å². The lowest BCUT2D eigenvalue weighted by molar-refractivity contribution is 0.429. The monoisotopic (exact) mass is 192 g/mol. The number of hydrogen-bond donors (Lipinski definition) is 1. The zero-order valence-corrected chi connectivity index (χ0v) is 9.33. The molecule has 14 heavy (non-hydrogen) atoms. The molecular weight excluding hydrogens is 172 g/mol. The summed E-state index contributed by atoms with van der Waals surface area (Å²) < 4.78 is 0. The van der Waals surface area contributed by atoms with Gasteiger partial charge < -0.3 is 5.32 Å². The van der Waals surface area contributed by atoms with Crippen LogP contribution in [0, 0.1) is 5.92 Å². The lowest BCUT2D eigenvalue weighted by Crippen LogP contribution is -2.32. The lowest BCUT2D eigenvalue weighted by Gasteiger charge is -2.16. The largest absolute Gasteiger partial charge is 0.314 e. The predicted octanol–water partition coefficient (Wildman–Crippen LogP) is 2.26. The minimum Gasteiger partial charge on any atom is -0.314 e. The molecule has 0 aliphatic heterocycles. The molecule has 78 valence electrons. The van der Waals surface area contributed by atoms with E-state index in [0.717, 1.165) is 18.7 Å². The maximum Gasteiger partial charge on any atom is 0.0416 e. The molecule has 0 saturated carbocycles. The van der Waals surface area contributed by atoms with E-state index < -0.39 is 0 Å². The number of pyridine rings is 1. The second kappa shape index (κ2) is 5.76. The fourth-order valence-electron chi connectivity index (χ4n) is 1.21. The molecule has 0 amide bonds. The third kappa shape index (κ3) is 3.88. The van der Waals surface area contributed by atoms with Gasteiger partial charge in [0.2, 0.25) is 0 Å². The summed E-state index contributed by atoms with van der Waals surface area (Å²) in [4.78, 5) is 4.28. The molecule has 1 aromatic rings. The summed E-state index contributed by atoms with van der Waals surface area (Å²) in [5.74, 6) is 0.693. The second-order valence-electron chi connectivity index (χ2n) is 4.06. The van der Waals surface area contributed by atoms with Crippen molar-refractivity contribution in [1.29, 1.82) is 0 Å². The topological polar surface area (TPSA) is 24.9 Å². The van der Waals surface area contributed by atoms with Crippen LogP contribution in [0.15, 0.2) is 24.4 Å². The summed E-state index contributed by atoms with van der Waals surface area (Å²) in [6, 6.07) is 6.64. The number of aromatic nitrogens is 1. The molecular formula is C12H20N2. The van der Waals surface area contributed by atoms with E-state index in [1.54, 1.807) is 0 Å². The van der Waals surface area contributed by atoms with Crippen molar-refractivity contribution in [2.24, 2.45) is 5.92 Å². The third-order valence-corrected chi connectivity index (χ3v) is 2.57. The van der Waals surface area contributed by atoms with Crippen molar-refractivity contribution >= 4 is 0 Å². The predicted molar refractivity (Wildman–Crippen MR) is 60.2 cm³/mol. The maximum absolute atomic E-state index is 4.28. The summed E-state index contributed by atoms with van der Waals surface area (Å²) in [5, 5.41) is 3.49. The molecule has 1 rings (SSSR count). The van der Waals surface area contributed by atoms with E-state index in [1.165, 1.54) is 0 Å². The van der Waals surface area contributed by atoms with Crippen molar-refractivity contribution in [2.45, 2.75) is 33.2 Å². The highest BCUT2D eigenvalue weighted by atomic mass is 14.9. The van der Waals surface area contributed by atoms with E-state index in [9.17, 15) is 0 Å². The van der Waals surface area contributed by atoms with Crippen molar-refractivity contribution in [3.8, 4) is 0 Å². The highest BCUT2D eigenvalue weighted by Gasteiger charge is 2.04. The quantitative estimate of drug-likeness (QED) is 0.774. The molecule has 0 radical (unpaired) electrons. The minimum absolute atomic E-state index is 0.582. The Morgan fingerprint density at radius 1 is 1.29 bits per heavy atom. The van der Waals surface area contributed by atoms with Crippen LogP contribution in [0.2, 0.25) is 0 Å². The van der Waals surface area contributed by atoms with Gasteiger partial charge in [0.15, 0.2) is 0 Å². The molecule has 0 aromatic carbocycles. The fourth-order valence-corrected chi connectivity index (χ4v) is 1.21. The number of nitrogens with one attached hydrogen (secondary N) is 1. The van der Waals surface area contributed by atoms with E-state index in [2.05, 4.69) is 37.1 Å². The smallest absolute Gasteiger partial charge is 0.0416 e. The Kier molecular flexibility index (Phi) is 4.60. The normalized spacial score (nSPS) is 13.1. The van der Waals surface area contributed by atoms with E-state index in [4.69, 9.17) is 0 Å². The van der Waals surface area contributed by atoms with Gasteiger partial charge in [-0.05, 0) is 25.0 Å². The lowest BCUT2D eigenvalue weighted by atomic mass is 10.1. The van der Waals surface area contributed by atoms with Crippen LogP contribution in [0.1, 0.15) is 26.5 Å². The molecule has 0 fully saturated rings. The van der Waals surface area contributed by atoms with E-state index >= 15 is 0 Å². The molecule has 1 atom stereocenters. The molecule has 0 saturated heterocycles. The Morgan fingerprint density at radius 3 is 2.64 bits per heavy atom. The third-order valence-electron chi connectivity index (χ3n) is 2.57. The summed E-state index contributed by atoms with van der Waals surface area (Å²) in [6.45, 7) is 7.70. The van der Waals surface area contributed by atoms with E-state index in [0.29, 0.717) is 12.0 Å². The summed E-state index contributed by atoms with van der Waals surface area (Å²) in [5.41, 5.74) is 1.16. The first-order chi connectivity index (χ1) is 6.70. The zero-order valence-electron chi connectivity index (χ0n) is 9.33. The van der Waals surface area contributed by atoms with Crippen molar-refractivity contribution in [3.63, 3.8) is 0 Å². The van der Waals surface area contributed by atoms with Gasteiger partial charge in [-0.15, -0.1) is 0 Å². The maximum atomic E-state index is 4.28. The molecule has 0 bridgehead atoms. The van der Waals surface area contributed by atoms with Crippen LogP contribution in [-0.4, -0.2) is 17.6 Å². The Hall–Kier alpha value is -0.890. The van der Waals surface area contributed by atoms with Gasteiger partial charge >= 0.3 is 0 Å². The van der Waals surface area contributed by atoms with Crippen LogP contribution in [0.3, 0.4) is 0 Å². The van der Waals surface area contributed by atoms with E-state index in [1.807, 2.05) is 18.3 Å². The first kappa shape index (κ1) is 11.2. The SMILES string of the molecule is CC(C)[C@H](C)NCCc1ccccn1. The Morgan fingerprint density at radius 2 is 2.07 bits per heavy atom. The van der Waals surface area contributed by atoms with Crippen molar-refractivity contribution in [3.05, 3.63) is 30.1 Å². The van der Waals surface area contributed by atoms with Crippen LogP contribution in [0.5, 0.6) is 0 Å². The van der Waals surface area contributed by atoms with Crippen LogP contribution in [-0.2, 0) is 6.42 Å². The molecule has 1 heterocycles. The van der Waals surface area contributed by atoms with Crippen LogP contribution >= 0.6 is 0 Å². The standard InChI is InChI=1S/C12H20N2/c1-10(2)11(3)13-9-7-12-6-4-5-8-14-12/h4-6,8,10-11,13H,7,9H2,1-3H3/t11-/m0/s1. The number of nitrogens with zero attached hydrogens (tertiary/aromatic N) is 1. The van der Waals surface area contributed by atoms with Crippen LogP contribution in [0.25, 0.3) is 0 Å². The van der Waals surface area contributed by atoms with Gasteiger partial charge in [0.25, 0.3) is 0 Å². The van der Waals surface area contributed by atoms with Gasteiger partial charge in [-0.1, -0.05) is 19.9 Å². The Bertz CT molecular complexity index is 244. The van der Waals surface area contributed by atoms with Gasteiger partial charge in [0.05, 0.1) is 0 Å². The number of rotatable bonds is 5. The average molecular weight is 192 g/mol. The Balaban J connectivity index is 2.22. The van der Waals surface area contributed by atoms with Crippen LogP contribution in [0.4, 0.5) is 0 Å². The summed E-state index contributed by atoms with van der Waals surface area (Å²) >= 11 is 0. The molecule has 1 aromatic heterocycles. The van der Waals surface area contributed by atoms with Gasteiger partial charge in [0.1, 0.15) is 0 Å². The first-order valence-electron chi connectivity index (χ1n) is 5.33. The van der Waals surface area contributed by atoms with Crippen molar-refractivity contribution in [1.82, 2.24) is 10.3 Å². The highest BCUT2D eigenvalue weighted by molar-refractivity contribution is 5.03. The molecule has 2 nitrogen and oxygen atoms in total. The van der Waals surface area contributed by atoms with Crippen molar-refractivity contribution in [2.75, 3.05) is 6.54 Å². The minimum atomic E-state index is 0.582. The second-order valence-corrected chi connectivity index (χ2v) is 4.06. The Labute approximate surface area is 86.8 Å². The molecule has 1 N–H and O–H groups in total. The fraction of sp³-hybridized carbons (Fsp3) is 0.583. The molecule has 0 aliphatic rings.